The monoisotopic (exact) mass is 300 g/mol. The molecule has 0 unspecified atom stereocenters. The van der Waals surface area contributed by atoms with Gasteiger partial charge < -0.3 is 5.11 Å². The number of aliphatic hydroxyl groups is 1. The predicted octanol–water partition coefficient (Wildman–Crippen LogP) is 1.98. The first-order valence-electron chi connectivity index (χ1n) is 5.51. The molecule has 0 saturated carbocycles. The summed E-state index contributed by atoms with van der Waals surface area (Å²) in [6, 6.07) is 5.03. The summed E-state index contributed by atoms with van der Waals surface area (Å²) in [4.78, 5) is 0.128. The lowest BCUT2D eigenvalue weighted by atomic mass is 10.1. The minimum Gasteiger partial charge on any atom is -0.389 e. The molecule has 0 fully saturated rings. The molecule has 1 atom stereocenters. The van der Waals surface area contributed by atoms with Gasteiger partial charge in [0, 0.05) is 12.5 Å². The fraction of sp³-hybridized carbons (Fsp3) is 0.250. The van der Waals surface area contributed by atoms with E-state index in [2.05, 4.69) is 5.10 Å². The second-order valence-corrected chi connectivity index (χ2v) is 6.70. The number of benzene rings is 1. The number of halogens is 1. The minimum atomic E-state index is -3.29. The van der Waals surface area contributed by atoms with Crippen LogP contribution in [0.3, 0.4) is 0 Å². The number of aromatic nitrogens is 2. The van der Waals surface area contributed by atoms with Gasteiger partial charge >= 0.3 is 0 Å². The second-order valence-electron chi connectivity index (χ2n) is 4.28. The lowest BCUT2D eigenvalue weighted by Crippen LogP contribution is -1.98. The van der Waals surface area contributed by atoms with Crippen LogP contribution in [-0.4, -0.2) is 29.6 Å². The summed E-state index contributed by atoms with van der Waals surface area (Å²) in [6.07, 6.45) is 3.18. The molecule has 0 saturated heterocycles. The summed E-state index contributed by atoms with van der Waals surface area (Å²) in [7, 11) is -3.29. The van der Waals surface area contributed by atoms with E-state index in [1.54, 1.807) is 25.1 Å². The quantitative estimate of drug-likeness (QED) is 0.941. The van der Waals surface area contributed by atoms with Crippen LogP contribution in [0.5, 0.6) is 0 Å². The molecule has 5 nitrogen and oxygen atoms in total. The second kappa shape index (κ2) is 4.96. The standard InChI is InChI=1S/C12H13ClN2O3S/c1-8(16)9-3-4-12(11(13)5-9)15-7-10(6-14-15)19(2,17)18/h3-8,16H,1-2H3/t8-/m0/s1. The van der Waals surface area contributed by atoms with E-state index < -0.39 is 15.9 Å². The molecule has 0 aliphatic heterocycles. The van der Waals surface area contributed by atoms with Crippen LogP contribution in [-0.2, 0) is 9.84 Å². The van der Waals surface area contributed by atoms with Crippen molar-refractivity contribution in [3.63, 3.8) is 0 Å². The Labute approximate surface area is 116 Å². The van der Waals surface area contributed by atoms with E-state index in [9.17, 15) is 13.5 Å². The Bertz CT molecular complexity index is 708. The van der Waals surface area contributed by atoms with Crippen molar-refractivity contribution >= 4 is 21.4 Å². The van der Waals surface area contributed by atoms with Crippen LogP contribution in [0.2, 0.25) is 5.02 Å². The van der Waals surface area contributed by atoms with Crippen molar-refractivity contribution in [2.24, 2.45) is 0 Å². The fourth-order valence-electron chi connectivity index (χ4n) is 1.60. The lowest BCUT2D eigenvalue weighted by molar-refractivity contribution is 0.199. The van der Waals surface area contributed by atoms with Gasteiger partial charge in [-0.1, -0.05) is 17.7 Å². The highest BCUT2D eigenvalue weighted by atomic mass is 35.5. The van der Waals surface area contributed by atoms with Gasteiger partial charge in [-0.3, -0.25) is 0 Å². The highest BCUT2D eigenvalue weighted by molar-refractivity contribution is 7.90. The van der Waals surface area contributed by atoms with Gasteiger partial charge in [-0.05, 0) is 24.6 Å². The summed E-state index contributed by atoms with van der Waals surface area (Å²) < 4.78 is 24.2. The van der Waals surface area contributed by atoms with Crippen LogP contribution < -0.4 is 0 Å². The van der Waals surface area contributed by atoms with Gasteiger partial charge in [0.05, 0.1) is 23.0 Å². The first kappa shape index (κ1) is 14.0. The average Bonchev–Trinajstić information content (AvgIpc) is 2.77. The summed E-state index contributed by atoms with van der Waals surface area (Å²) in [5.74, 6) is 0. The molecule has 2 aromatic rings. The molecular formula is C12H13ClN2O3S. The molecule has 1 N–H and O–H groups in total. The van der Waals surface area contributed by atoms with Crippen molar-refractivity contribution in [3.8, 4) is 5.69 Å². The fourth-order valence-corrected chi connectivity index (χ4v) is 2.40. The lowest BCUT2D eigenvalue weighted by Gasteiger charge is -2.08. The summed E-state index contributed by atoms with van der Waals surface area (Å²) in [6.45, 7) is 1.64. The zero-order chi connectivity index (χ0) is 14.2. The summed E-state index contributed by atoms with van der Waals surface area (Å²) in [5.41, 5.74) is 1.24. The molecule has 0 aliphatic carbocycles. The predicted molar refractivity (Wildman–Crippen MR) is 72.3 cm³/mol. The highest BCUT2D eigenvalue weighted by Crippen LogP contribution is 2.25. The van der Waals surface area contributed by atoms with Crippen LogP contribution in [0.1, 0.15) is 18.6 Å². The van der Waals surface area contributed by atoms with Gasteiger partial charge in [0.1, 0.15) is 4.90 Å². The molecule has 1 heterocycles. The Hall–Kier alpha value is -1.37. The van der Waals surface area contributed by atoms with Gasteiger partial charge in [-0.15, -0.1) is 0 Å². The molecule has 0 aliphatic rings. The molecule has 19 heavy (non-hydrogen) atoms. The molecule has 0 amide bonds. The molecular weight excluding hydrogens is 288 g/mol. The maximum absolute atomic E-state index is 11.4. The smallest absolute Gasteiger partial charge is 0.178 e. The van der Waals surface area contributed by atoms with E-state index in [1.165, 1.54) is 17.1 Å². The van der Waals surface area contributed by atoms with E-state index in [0.717, 1.165) is 6.26 Å². The van der Waals surface area contributed by atoms with Crippen LogP contribution >= 0.6 is 11.6 Å². The Kier molecular flexibility index (Phi) is 3.66. The Balaban J connectivity index is 2.45. The number of hydrogen-bond acceptors (Lipinski definition) is 4. The Morgan fingerprint density at radius 3 is 2.58 bits per heavy atom. The molecule has 1 aromatic carbocycles. The van der Waals surface area contributed by atoms with Crippen LogP contribution in [0.15, 0.2) is 35.5 Å². The maximum atomic E-state index is 11.4. The average molecular weight is 301 g/mol. The third-order valence-electron chi connectivity index (χ3n) is 2.69. The largest absolute Gasteiger partial charge is 0.389 e. The topological polar surface area (TPSA) is 72.2 Å². The van der Waals surface area contributed by atoms with Crippen molar-refractivity contribution in [2.45, 2.75) is 17.9 Å². The van der Waals surface area contributed by atoms with E-state index in [4.69, 9.17) is 11.6 Å². The Morgan fingerprint density at radius 2 is 2.11 bits per heavy atom. The third-order valence-corrected chi connectivity index (χ3v) is 4.06. The number of sulfone groups is 1. The minimum absolute atomic E-state index is 0.128. The zero-order valence-corrected chi connectivity index (χ0v) is 12.0. The molecule has 0 radical (unpaired) electrons. The van der Waals surface area contributed by atoms with Crippen molar-refractivity contribution in [1.29, 1.82) is 0 Å². The molecule has 0 spiro atoms. The van der Waals surface area contributed by atoms with E-state index >= 15 is 0 Å². The first-order chi connectivity index (χ1) is 8.79. The van der Waals surface area contributed by atoms with Crippen molar-refractivity contribution in [2.75, 3.05) is 6.26 Å². The molecule has 0 bridgehead atoms. The number of aliphatic hydroxyl groups excluding tert-OH is 1. The van der Waals surface area contributed by atoms with Gasteiger partial charge in [-0.25, -0.2) is 13.1 Å². The van der Waals surface area contributed by atoms with Crippen LogP contribution in [0.4, 0.5) is 0 Å². The molecule has 7 heteroatoms. The number of rotatable bonds is 3. The van der Waals surface area contributed by atoms with E-state index in [-0.39, 0.29) is 4.90 Å². The molecule has 2 rings (SSSR count). The number of nitrogens with zero attached hydrogens (tertiary/aromatic N) is 2. The molecule has 1 aromatic heterocycles. The van der Waals surface area contributed by atoms with E-state index in [1.807, 2.05) is 0 Å². The maximum Gasteiger partial charge on any atom is 0.178 e. The highest BCUT2D eigenvalue weighted by Gasteiger charge is 2.13. The zero-order valence-electron chi connectivity index (χ0n) is 10.4. The van der Waals surface area contributed by atoms with Gasteiger partial charge in [0.2, 0.25) is 0 Å². The van der Waals surface area contributed by atoms with Crippen LogP contribution in [0, 0.1) is 0 Å². The van der Waals surface area contributed by atoms with Crippen LogP contribution in [0.25, 0.3) is 5.69 Å². The van der Waals surface area contributed by atoms with Gasteiger partial charge in [0.15, 0.2) is 9.84 Å². The molecule has 102 valence electrons. The first-order valence-corrected chi connectivity index (χ1v) is 7.78. The van der Waals surface area contributed by atoms with Crippen molar-refractivity contribution in [3.05, 3.63) is 41.2 Å². The summed E-state index contributed by atoms with van der Waals surface area (Å²) in [5, 5.41) is 13.8. The normalized spacial score (nSPS) is 13.5. The van der Waals surface area contributed by atoms with Gasteiger partial charge in [-0.2, -0.15) is 5.10 Å². The summed E-state index contributed by atoms with van der Waals surface area (Å²) >= 11 is 6.11. The SMILES string of the molecule is C[C@H](O)c1ccc(-n2cc(S(C)(=O)=O)cn2)c(Cl)c1. The third kappa shape index (κ3) is 2.97. The van der Waals surface area contributed by atoms with E-state index in [0.29, 0.717) is 16.3 Å². The van der Waals surface area contributed by atoms with Crippen molar-refractivity contribution < 1.29 is 13.5 Å². The Morgan fingerprint density at radius 1 is 1.42 bits per heavy atom. The van der Waals surface area contributed by atoms with Gasteiger partial charge in [0.25, 0.3) is 0 Å². The van der Waals surface area contributed by atoms with Crippen molar-refractivity contribution in [1.82, 2.24) is 9.78 Å². The number of hydrogen-bond donors (Lipinski definition) is 1.